The van der Waals surface area contributed by atoms with Crippen LogP contribution >= 0.6 is 0 Å². The highest BCUT2D eigenvalue weighted by atomic mass is 32.2. The Hall–Kier alpha value is -3.33. The van der Waals surface area contributed by atoms with Crippen molar-refractivity contribution >= 4 is 33.0 Å². The molecule has 3 aromatic rings. The zero-order valence-electron chi connectivity index (χ0n) is 24.1. The van der Waals surface area contributed by atoms with Crippen LogP contribution in [0.3, 0.4) is 0 Å². The van der Waals surface area contributed by atoms with Gasteiger partial charge in [0.15, 0.2) is 0 Å². The highest BCUT2D eigenvalue weighted by molar-refractivity contribution is 7.89. The van der Waals surface area contributed by atoms with E-state index in [0.717, 1.165) is 56.6 Å². The number of fused-ring (bicyclic) bond motifs is 1. The molecule has 0 bridgehead atoms. The van der Waals surface area contributed by atoms with Gasteiger partial charge in [-0.15, -0.1) is 0 Å². The van der Waals surface area contributed by atoms with Gasteiger partial charge in [-0.25, -0.2) is 13.1 Å². The van der Waals surface area contributed by atoms with E-state index in [1.165, 1.54) is 31.2 Å². The minimum Gasteiger partial charge on any atom is -0.325 e. The van der Waals surface area contributed by atoms with E-state index in [9.17, 15) is 13.2 Å². The Balaban J connectivity index is 1.29. The normalized spacial score (nSPS) is 20.3. The molecule has 0 radical (unpaired) electrons. The zero-order chi connectivity index (χ0) is 28.9. The second-order valence-corrected chi connectivity index (χ2v) is 13.7. The van der Waals surface area contributed by atoms with Crippen molar-refractivity contribution in [2.24, 2.45) is 10.9 Å². The first-order chi connectivity index (χ1) is 20.5. The highest BCUT2D eigenvalue weighted by Gasteiger charge is 2.36. The van der Waals surface area contributed by atoms with Crippen LogP contribution in [0.25, 0.3) is 0 Å². The van der Waals surface area contributed by atoms with Gasteiger partial charge in [-0.3, -0.25) is 14.7 Å². The monoisotopic (exact) mass is 584 g/mol. The molecule has 3 aliphatic rings. The molecule has 1 amide bonds. The van der Waals surface area contributed by atoms with Crippen molar-refractivity contribution in [1.29, 1.82) is 0 Å². The van der Waals surface area contributed by atoms with Crippen LogP contribution in [-0.4, -0.2) is 44.6 Å². The Kier molecular flexibility index (Phi) is 8.84. The first-order valence-electron chi connectivity index (χ1n) is 15.4. The molecular weight excluding hydrogens is 544 g/mol. The number of benzene rings is 3. The topological polar surface area (TPSA) is 90.9 Å². The standard InChI is InChI=1S/C34H40N4O3S/c39-34-32(30-22-29(18-19-31(30)37-34)42(40,41)35-23-25-10-4-1-5-11-25)33(27-12-6-2-7-13-27)36-28-16-14-26(15-17-28)24-38-20-8-3-9-21-38/h2,6-7,12-19,22,25,32,35H,1,3-5,8-11,20-21,23-24H2,(H,37,39). The van der Waals surface area contributed by atoms with Crippen molar-refractivity contribution < 1.29 is 13.2 Å². The van der Waals surface area contributed by atoms with Gasteiger partial charge in [-0.2, -0.15) is 0 Å². The van der Waals surface area contributed by atoms with E-state index in [1.54, 1.807) is 18.2 Å². The van der Waals surface area contributed by atoms with E-state index in [1.807, 2.05) is 42.5 Å². The molecule has 220 valence electrons. The summed E-state index contributed by atoms with van der Waals surface area (Å²) in [5.74, 6) is -0.565. The maximum Gasteiger partial charge on any atom is 0.240 e. The number of hydrogen-bond donors (Lipinski definition) is 2. The number of sulfonamides is 1. The Morgan fingerprint density at radius 3 is 2.33 bits per heavy atom. The van der Waals surface area contributed by atoms with E-state index in [-0.39, 0.29) is 10.8 Å². The SMILES string of the molecule is O=C1Nc2ccc(S(=O)(=O)NCC3CCCCC3)cc2C1C(=Nc1ccc(CN2CCCCC2)cc1)c1ccccc1. The fraction of sp³-hybridized carbons (Fsp3) is 0.412. The summed E-state index contributed by atoms with van der Waals surface area (Å²) in [6.07, 6.45) is 9.49. The molecule has 2 aliphatic heterocycles. The lowest BCUT2D eigenvalue weighted by Gasteiger charge is -2.26. The number of likely N-dealkylation sites (tertiary alicyclic amines) is 1. The maximum atomic E-state index is 13.4. The first-order valence-corrected chi connectivity index (χ1v) is 16.8. The smallest absolute Gasteiger partial charge is 0.240 e. The maximum absolute atomic E-state index is 13.4. The van der Waals surface area contributed by atoms with E-state index < -0.39 is 15.9 Å². The van der Waals surface area contributed by atoms with Gasteiger partial charge in [0.25, 0.3) is 0 Å². The van der Waals surface area contributed by atoms with Crippen molar-refractivity contribution in [3.8, 4) is 0 Å². The Labute approximate surface area is 249 Å². The van der Waals surface area contributed by atoms with Gasteiger partial charge in [0.05, 0.1) is 16.3 Å². The highest BCUT2D eigenvalue weighted by Crippen LogP contribution is 2.38. The van der Waals surface area contributed by atoms with Crippen LogP contribution in [0.5, 0.6) is 0 Å². The van der Waals surface area contributed by atoms with Crippen LogP contribution in [0.15, 0.2) is 82.7 Å². The zero-order valence-corrected chi connectivity index (χ0v) is 24.9. The minimum absolute atomic E-state index is 0.174. The van der Waals surface area contributed by atoms with Crippen LogP contribution in [0.2, 0.25) is 0 Å². The van der Waals surface area contributed by atoms with Crippen molar-refractivity contribution in [3.05, 3.63) is 89.5 Å². The lowest BCUT2D eigenvalue weighted by molar-refractivity contribution is -0.115. The number of anilines is 1. The molecular formula is C34H40N4O3S. The molecule has 2 heterocycles. The molecule has 6 rings (SSSR count). The average Bonchev–Trinajstić information content (AvgIpc) is 3.36. The number of carbonyl (C=O) groups is 1. The third-order valence-corrected chi connectivity index (χ3v) is 10.3. The summed E-state index contributed by atoms with van der Waals surface area (Å²) < 4.78 is 29.5. The molecule has 1 atom stereocenters. The van der Waals surface area contributed by atoms with Crippen LogP contribution in [0.4, 0.5) is 11.4 Å². The van der Waals surface area contributed by atoms with Crippen LogP contribution in [-0.2, 0) is 21.4 Å². The number of hydrogen-bond acceptors (Lipinski definition) is 5. The third kappa shape index (κ3) is 6.66. The second kappa shape index (κ2) is 12.9. The molecule has 7 nitrogen and oxygen atoms in total. The largest absolute Gasteiger partial charge is 0.325 e. The molecule has 0 spiro atoms. The summed E-state index contributed by atoms with van der Waals surface area (Å²) in [5, 5.41) is 2.96. The third-order valence-electron chi connectivity index (χ3n) is 8.83. The van der Waals surface area contributed by atoms with Gasteiger partial charge < -0.3 is 5.32 Å². The van der Waals surface area contributed by atoms with Crippen LogP contribution in [0.1, 0.15) is 74.0 Å². The number of rotatable bonds is 9. The molecule has 8 heteroatoms. The van der Waals surface area contributed by atoms with Gasteiger partial charge in [0.1, 0.15) is 5.92 Å². The average molecular weight is 585 g/mol. The van der Waals surface area contributed by atoms with Gasteiger partial charge in [0, 0.05) is 18.8 Å². The quantitative estimate of drug-likeness (QED) is 0.285. The number of carbonyl (C=O) groups excluding carboxylic acids is 1. The predicted octanol–water partition coefficient (Wildman–Crippen LogP) is 6.39. The summed E-state index contributed by atoms with van der Waals surface area (Å²) in [5.41, 5.74) is 4.68. The van der Waals surface area contributed by atoms with Crippen LogP contribution in [0, 0.1) is 5.92 Å². The number of aliphatic imine (C=N–C) groups is 1. The van der Waals surface area contributed by atoms with E-state index in [0.29, 0.717) is 29.4 Å². The summed E-state index contributed by atoms with van der Waals surface area (Å²) >= 11 is 0. The van der Waals surface area contributed by atoms with E-state index >= 15 is 0 Å². The summed E-state index contributed by atoms with van der Waals surface area (Å²) in [6.45, 7) is 3.66. The van der Waals surface area contributed by atoms with Crippen molar-refractivity contribution in [1.82, 2.24) is 9.62 Å². The molecule has 2 fully saturated rings. The fourth-order valence-corrected chi connectivity index (χ4v) is 7.63. The molecule has 42 heavy (non-hydrogen) atoms. The number of piperidine rings is 1. The molecule has 0 aromatic heterocycles. The molecule has 1 saturated carbocycles. The Morgan fingerprint density at radius 1 is 0.881 bits per heavy atom. The molecule has 2 N–H and O–H groups in total. The minimum atomic E-state index is -3.72. The van der Waals surface area contributed by atoms with Gasteiger partial charge >= 0.3 is 0 Å². The van der Waals surface area contributed by atoms with Gasteiger partial charge in [-0.05, 0) is 91.7 Å². The van der Waals surface area contributed by atoms with Crippen molar-refractivity contribution in [3.63, 3.8) is 0 Å². The molecule has 1 aliphatic carbocycles. The Bertz CT molecular complexity index is 1520. The number of nitrogens with one attached hydrogen (secondary N) is 2. The van der Waals surface area contributed by atoms with Gasteiger partial charge in [-0.1, -0.05) is 68.1 Å². The van der Waals surface area contributed by atoms with E-state index in [4.69, 9.17) is 4.99 Å². The molecule has 1 unspecified atom stereocenters. The number of nitrogens with zero attached hydrogens (tertiary/aromatic N) is 2. The lowest BCUT2D eigenvalue weighted by atomic mass is 9.90. The van der Waals surface area contributed by atoms with Gasteiger partial charge in [0.2, 0.25) is 15.9 Å². The fourth-order valence-electron chi connectivity index (χ4n) is 6.48. The molecule has 3 aromatic carbocycles. The van der Waals surface area contributed by atoms with Crippen molar-refractivity contribution in [2.75, 3.05) is 25.0 Å². The van der Waals surface area contributed by atoms with Crippen LogP contribution < -0.4 is 10.0 Å². The van der Waals surface area contributed by atoms with Crippen molar-refractivity contribution in [2.45, 2.75) is 68.7 Å². The van der Waals surface area contributed by atoms with E-state index in [2.05, 4.69) is 27.1 Å². The first kappa shape index (κ1) is 28.8. The lowest BCUT2D eigenvalue weighted by Crippen LogP contribution is -2.30. The summed E-state index contributed by atoms with van der Waals surface area (Å²) in [7, 11) is -3.72. The predicted molar refractivity (Wildman–Crippen MR) is 168 cm³/mol. The Morgan fingerprint density at radius 2 is 1.60 bits per heavy atom. The second-order valence-electron chi connectivity index (χ2n) is 11.9. The summed E-state index contributed by atoms with van der Waals surface area (Å²) in [4.78, 5) is 21.1. The summed E-state index contributed by atoms with van der Waals surface area (Å²) in [6, 6.07) is 22.8. The number of amides is 1. The molecule has 1 saturated heterocycles.